The molecule has 2 bridgehead atoms. The fourth-order valence-electron chi connectivity index (χ4n) is 5.33. The Morgan fingerprint density at radius 3 is 2.64 bits per heavy atom. The minimum atomic E-state index is -0.980. The summed E-state index contributed by atoms with van der Waals surface area (Å²) in [5.74, 6) is 0.732. The van der Waals surface area contributed by atoms with E-state index in [9.17, 15) is 4.79 Å². The first kappa shape index (κ1) is 24.1. The van der Waals surface area contributed by atoms with Crippen molar-refractivity contribution in [3.05, 3.63) is 89.0 Å². The Balaban J connectivity index is 1.53. The van der Waals surface area contributed by atoms with E-state index in [0.29, 0.717) is 17.4 Å². The van der Waals surface area contributed by atoms with Gasteiger partial charge in [0.15, 0.2) is 10.8 Å². The van der Waals surface area contributed by atoms with Crippen LogP contribution in [-0.2, 0) is 11.2 Å². The maximum atomic E-state index is 14.0. The second kappa shape index (κ2) is 9.47. The molecule has 0 aliphatic carbocycles. The zero-order chi connectivity index (χ0) is 25.4. The number of nitrogens with zero attached hydrogens (tertiary/aromatic N) is 1. The topological polar surface area (TPSA) is 62.8 Å². The molecule has 186 valence electrons. The average molecular weight is 502 g/mol. The van der Waals surface area contributed by atoms with Crippen molar-refractivity contribution in [1.82, 2.24) is 10.2 Å². The van der Waals surface area contributed by atoms with Crippen LogP contribution in [0.3, 0.4) is 0 Å². The van der Waals surface area contributed by atoms with Crippen molar-refractivity contribution >= 4 is 28.9 Å². The van der Waals surface area contributed by atoms with Gasteiger partial charge in [0, 0.05) is 17.8 Å². The van der Waals surface area contributed by atoms with Crippen molar-refractivity contribution in [2.45, 2.75) is 39.0 Å². The molecule has 6 nitrogen and oxygen atoms in total. The number of carbonyl (C=O) groups is 1. The number of nitrogens with one attached hydrogen (secondary N) is 2. The van der Waals surface area contributed by atoms with E-state index in [1.54, 1.807) is 7.11 Å². The second-order valence-electron chi connectivity index (χ2n) is 9.66. The summed E-state index contributed by atoms with van der Waals surface area (Å²) in [4.78, 5) is 16.0. The molecular formula is C29H31N3O3S. The average Bonchev–Trinajstić information content (AvgIpc) is 2.85. The molecule has 2 N–H and O–H groups in total. The van der Waals surface area contributed by atoms with Crippen LogP contribution in [0.1, 0.15) is 35.2 Å². The molecule has 2 aliphatic heterocycles. The maximum Gasteiger partial charge on any atom is 0.236 e. The highest BCUT2D eigenvalue weighted by atomic mass is 32.1. The highest BCUT2D eigenvalue weighted by Crippen LogP contribution is 2.49. The molecule has 1 amide bonds. The molecule has 36 heavy (non-hydrogen) atoms. The molecule has 0 spiro atoms. The van der Waals surface area contributed by atoms with Crippen molar-refractivity contribution < 1.29 is 14.3 Å². The molecule has 5 rings (SSSR count). The standard InChI is InChI=1S/C29H31N3O3S/c1-18-10-12-23(19(2)16-18)30-27(33)25-26-22-17-21(34-4)11-13-24(22)35-29(25,3)32(28(36)31-26)15-14-20-8-6-5-7-9-20/h5-13,16-17,25-26H,14-15H2,1-4H3,(H,30,33)(H,31,36)/t25-,26-,29-/m0/s1. The van der Waals surface area contributed by atoms with Gasteiger partial charge < -0.3 is 25.0 Å². The smallest absolute Gasteiger partial charge is 0.236 e. The number of anilines is 1. The molecule has 3 aromatic carbocycles. The Hall–Kier alpha value is -3.58. The summed E-state index contributed by atoms with van der Waals surface area (Å²) in [6, 6.07) is 21.6. The first-order valence-corrected chi connectivity index (χ1v) is 12.6. The Bertz CT molecular complexity index is 1310. The molecule has 0 radical (unpaired) electrons. The van der Waals surface area contributed by atoms with Gasteiger partial charge in [0.05, 0.1) is 13.2 Å². The van der Waals surface area contributed by atoms with Crippen LogP contribution in [0.15, 0.2) is 66.7 Å². The van der Waals surface area contributed by atoms with Crippen LogP contribution < -0.4 is 20.1 Å². The lowest BCUT2D eigenvalue weighted by atomic mass is 9.78. The summed E-state index contributed by atoms with van der Waals surface area (Å²) < 4.78 is 12.1. The van der Waals surface area contributed by atoms with Crippen LogP contribution in [0, 0.1) is 19.8 Å². The van der Waals surface area contributed by atoms with Crippen LogP contribution in [0.4, 0.5) is 5.69 Å². The molecular weight excluding hydrogens is 470 g/mol. The Morgan fingerprint density at radius 2 is 1.92 bits per heavy atom. The van der Waals surface area contributed by atoms with Crippen molar-refractivity contribution in [3.8, 4) is 11.5 Å². The lowest BCUT2D eigenvalue weighted by Gasteiger charge is -2.56. The first-order chi connectivity index (χ1) is 17.3. The first-order valence-electron chi connectivity index (χ1n) is 12.2. The van der Waals surface area contributed by atoms with E-state index in [0.717, 1.165) is 34.5 Å². The van der Waals surface area contributed by atoms with Crippen molar-refractivity contribution in [2.75, 3.05) is 19.0 Å². The molecule has 0 saturated carbocycles. The predicted molar refractivity (Wildman–Crippen MR) is 145 cm³/mol. The predicted octanol–water partition coefficient (Wildman–Crippen LogP) is 5.15. The Morgan fingerprint density at radius 1 is 1.14 bits per heavy atom. The van der Waals surface area contributed by atoms with Gasteiger partial charge in [0.25, 0.3) is 0 Å². The number of hydrogen-bond acceptors (Lipinski definition) is 4. The molecule has 2 aliphatic rings. The minimum absolute atomic E-state index is 0.123. The molecule has 0 unspecified atom stereocenters. The third kappa shape index (κ3) is 4.28. The number of carbonyl (C=O) groups excluding carboxylic acids is 1. The van der Waals surface area contributed by atoms with Crippen LogP contribution in [0.5, 0.6) is 11.5 Å². The van der Waals surface area contributed by atoms with Gasteiger partial charge in [-0.25, -0.2) is 0 Å². The lowest BCUT2D eigenvalue weighted by molar-refractivity contribution is -0.149. The van der Waals surface area contributed by atoms with Crippen molar-refractivity contribution in [2.24, 2.45) is 5.92 Å². The zero-order valence-electron chi connectivity index (χ0n) is 21.0. The number of fused-ring (bicyclic) bond motifs is 4. The zero-order valence-corrected chi connectivity index (χ0v) is 21.8. The van der Waals surface area contributed by atoms with E-state index in [2.05, 4.69) is 28.8 Å². The van der Waals surface area contributed by atoms with Gasteiger partial charge >= 0.3 is 0 Å². The maximum absolute atomic E-state index is 14.0. The number of rotatable bonds is 6. The monoisotopic (exact) mass is 501 g/mol. The van der Waals surface area contributed by atoms with E-state index in [1.165, 1.54) is 5.56 Å². The molecule has 3 aromatic rings. The van der Waals surface area contributed by atoms with E-state index in [-0.39, 0.29) is 11.9 Å². The quantitative estimate of drug-likeness (QED) is 0.456. The normalized spacial score (nSPS) is 22.2. The Kier molecular flexibility index (Phi) is 6.35. The van der Waals surface area contributed by atoms with Gasteiger partial charge in [0.1, 0.15) is 17.4 Å². The minimum Gasteiger partial charge on any atom is -0.497 e. The fourth-order valence-corrected chi connectivity index (χ4v) is 5.73. The van der Waals surface area contributed by atoms with Crippen LogP contribution in [0.2, 0.25) is 0 Å². The third-order valence-electron chi connectivity index (χ3n) is 7.23. The molecule has 2 heterocycles. The number of amides is 1. The Labute approximate surface area is 217 Å². The van der Waals surface area contributed by atoms with Crippen LogP contribution in [0.25, 0.3) is 0 Å². The van der Waals surface area contributed by atoms with E-state index in [4.69, 9.17) is 21.7 Å². The highest BCUT2D eigenvalue weighted by molar-refractivity contribution is 7.80. The molecule has 7 heteroatoms. The number of methoxy groups -OCH3 is 1. The summed E-state index contributed by atoms with van der Waals surface area (Å²) in [5.41, 5.74) is 4.03. The molecule has 3 atom stereocenters. The molecule has 1 saturated heterocycles. The summed E-state index contributed by atoms with van der Waals surface area (Å²) in [6.45, 7) is 6.62. The fraction of sp³-hybridized carbons (Fsp3) is 0.310. The van der Waals surface area contributed by atoms with E-state index in [1.807, 2.05) is 74.2 Å². The van der Waals surface area contributed by atoms with Gasteiger partial charge in [-0.3, -0.25) is 4.79 Å². The van der Waals surface area contributed by atoms with Crippen molar-refractivity contribution in [1.29, 1.82) is 0 Å². The van der Waals surface area contributed by atoms with Gasteiger partial charge in [-0.1, -0.05) is 48.0 Å². The van der Waals surface area contributed by atoms with Crippen LogP contribution in [-0.4, -0.2) is 35.3 Å². The number of ether oxygens (including phenoxy) is 2. The van der Waals surface area contributed by atoms with Gasteiger partial charge in [-0.2, -0.15) is 0 Å². The summed E-state index contributed by atoms with van der Waals surface area (Å²) in [7, 11) is 1.63. The third-order valence-corrected chi connectivity index (χ3v) is 7.57. The van der Waals surface area contributed by atoms with Crippen LogP contribution >= 0.6 is 12.2 Å². The highest BCUT2D eigenvalue weighted by Gasteiger charge is 2.58. The summed E-state index contributed by atoms with van der Waals surface area (Å²) >= 11 is 5.84. The molecule has 1 fully saturated rings. The van der Waals surface area contributed by atoms with E-state index >= 15 is 0 Å². The largest absolute Gasteiger partial charge is 0.497 e. The number of benzene rings is 3. The number of aryl methyl sites for hydroxylation is 2. The summed E-state index contributed by atoms with van der Waals surface area (Å²) in [6.07, 6.45) is 0.771. The van der Waals surface area contributed by atoms with Gasteiger partial charge in [-0.05, 0) is 74.8 Å². The van der Waals surface area contributed by atoms with Crippen molar-refractivity contribution in [3.63, 3.8) is 0 Å². The van der Waals surface area contributed by atoms with Gasteiger partial charge in [-0.15, -0.1) is 0 Å². The lowest BCUT2D eigenvalue weighted by Crippen LogP contribution is -2.71. The summed E-state index contributed by atoms with van der Waals surface area (Å²) in [5, 5.41) is 7.21. The number of thiocarbonyl (C=S) groups is 1. The second-order valence-corrected chi connectivity index (χ2v) is 10.0. The number of hydrogen-bond donors (Lipinski definition) is 2. The molecule has 0 aromatic heterocycles. The van der Waals surface area contributed by atoms with E-state index < -0.39 is 11.6 Å². The van der Waals surface area contributed by atoms with Gasteiger partial charge in [0.2, 0.25) is 5.91 Å². The SMILES string of the molecule is COc1ccc2c(c1)[C@@H]1NC(=S)N(CCc3ccccc3)[C@@](C)(O2)[C@@H]1C(=O)Nc1ccc(C)cc1C.